The van der Waals surface area contributed by atoms with Crippen LogP contribution in [-0.2, 0) is 0 Å². The molecule has 7 heteroatoms. The number of hydrogen-bond acceptors (Lipinski definition) is 4. The molecule has 1 aromatic heterocycles. The number of halogens is 2. The van der Waals surface area contributed by atoms with Crippen molar-refractivity contribution in [2.24, 2.45) is 0 Å². The zero-order valence-corrected chi connectivity index (χ0v) is 7.61. The van der Waals surface area contributed by atoms with Gasteiger partial charge in [0.25, 0.3) is 0 Å². The highest BCUT2D eigenvalue weighted by molar-refractivity contribution is 6.29. The van der Waals surface area contributed by atoms with Crippen LogP contribution >= 0.6 is 11.6 Å². The minimum Gasteiger partial charge on any atom is -0.381 e. The van der Waals surface area contributed by atoms with Crippen LogP contribution in [0.2, 0.25) is 5.15 Å². The molecule has 14 heavy (non-hydrogen) atoms. The number of hydrogen-bond donors (Lipinski definition) is 1. The molecule has 1 N–H and O–H groups in total. The normalized spacial score (nSPS) is 12.5. The van der Waals surface area contributed by atoms with E-state index in [0.717, 1.165) is 6.07 Å². The largest absolute Gasteiger partial charge is 0.381 e. The van der Waals surface area contributed by atoms with E-state index in [1.54, 1.807) is 0 Å². The summed E-state index contributed by atoms with van der Waals surface area (Å²) in [5.74, 6) is -0.927. The number of nitro groups is 1. The summed E-state index contributed by atoms with van der Waals surface area (Å²) in [6.45, 7) is -0.767. The van der Waals surface area contributed by atoms with Crippen LogP contribution < -0.4 is 0 Å². The Morgan fingerprint density at radius 2 is 2.43 bits per heavy atom. The molecule has 5 nitrogen and oxygen atoms in total. The molecule has 1 atom stereocenters. The second kappa shape index (κ2) is 4.30. The van der Waals surface area contributed by atoms with Gasteiger partial charge < -0.3 is 5.11 Å². The summed E-state index contributed by atoms with van der Waals surface area (Å²) in [4.78, 5) is 12.7. The zero-order valence-electron chi connectivity index (χ0n) is 6.85. The maximum absolute atomic E-state index is 13.1. The number of aliphatic hydroxyl groups is 1. The van der Waals surface area contributed by atoms with Gasteiger partial charge in [-0.15, -0.1) is 0 Å². The van der Waals surface area contributed by atoms with Crippen molar-refractivity contribution in [3.8, 4) is 0 Å². The van der Waals surface area contributed by atoms with E-state index < -0.39 is 28.5 Å². The number of pyridine rings is 1. The van der Waals surface area contributed by atoms with E-state index >= 15 is 0 Å². The number of aromatic nitrogens is 1. The second-order valence-electron chi connectivity index (χ2n) is 2.54. The van der Waals surface area contributed by atoms with E-state index in [4.69, 9.17) is 11.6 Å². The monoisotopic (exact) mass is 220 g/mol. The summed E-state index contributed by atoms with van der Waals surface area (Å²) in [6.07, 6.45) is -0.338. The second-order valence-corrected chi connectivity index (χ2v) is 2.89. The first-order valence-corrected chi connectivity index (χ1v) is 4.00. The van der Waals surface area contributed by atoms with Crippen LogP contribution in [0.25, 0.3) is 0 Å². The molecule has 0 amide bonds. The van der Waals surface area contributed by atoms with Gasteiger partial charge in [0, 0.05) is 16.7 Å². The molecule has 1 unspecified atom stereocenters. The molecule has 1 heterocycles. The Morgan fingerprint density at radius 1 is 1.79 bits per heavy atom. The Balaban J connectivity index is 2.95. The molecule has 0 aliphatic rings. The average molecular weight is 221 g/mol. The lowest BCUT2D eigenvalue weighted by molar-refractivity contribution is -0.491. The van der Waals surface area contributed by atoms with Gasteiger partial charge in [0.1, 0.15) is 6.10 Å². The van der Waals surface area contributed by atoms with Crippen LogP contribution in [0.3, 0.4) is 0 Å². The Bertz CT molecular complexity index is 361. The van der Waals surface area contributed by atoms with Gasteiger partial charge in [-0.05, 0) is 6.07 Å². The number of nitrogens with zero attached hydrogens (tertiary/aromatic N) is 2. The summed E-state index contributed by atoms with van der Waals surface area (Å²) < 4.78 is 13.1. The molecule has 0 saturated carbocycles. The van der Waals surface area contributed by atoms with Gasteiger partial charge in [0.15, 0.2) is 11.0 Å². The van der Waals surface area contributed by atoms with Crippen molar-refractivity contribution < 1.29 is 14.4 Å². The van der Waals surface area contributed by atoms with Gasteiger partial charge in [0.05, 0.1) is 0 Å². The van der Waals surface area contributed by atoms with Gasteiger partial charge in [-0.3, -0.25) is 10.1 Å². The first-order valence-electron chi connectivity index (χ1n) is 3.62. The lowest BCUT2D eigenvalue weighted by atomic mass is 10.1. The fraction of sp³-hybridized carbons (Fsp3) is 0.286. The third-order valence-corrected chi connectivity index (χ3v) is 1.82. The van der Waals surface area contributed by atoms with E-state index in [-0.39, 0.29) is 5.56 Å². The molecular weight excluding hydrogens is 215 g/mol. The number of rotatable bonds is 3. The summed E-state index contributed by atoms with van der Waals surface area (Å²) in [7, 11) is 0. The third kappa shape index (κ3) is 2.36. The van der Waals surface area contributed by atoms with Gasteiger partial charge in [-0.25, -0.2) is 9.37 Å². The SMILES string of the molecule is O=[N+]([O-])CC(O)c1ccnc(Cl)c1F. The molecule has 0 fully saturated rings. The van der Waals surface area contributed by atoms with E-state index in [1.807, 2.05) is 0 Å². The molecule has 0 aliphatic carbocycles. The van der Waals surface area contributed by atoms with Crippen LogP contribution in [0.15, 0.2) is 12.3 Å². The summed E-state index contributed by atoms with van der Waals surface area (Å²) in [6, 6.07) is 1.15. The number of aliphatic hydroxyl groups excluding tert-OH is 1. The Labute approximate surface area is 83.3 Å². The highest BCUT2D eigenvalue weighted by Crippen LogP contribution is 2.21. The van der Waals surface area contributed by atoms with Crippen LogP contribution in [0, 0.1) is 15.9 Å². The van der Waals surface area contributed by atoms with Crippen LogP contribution in [0.1, 0.15) is 11.7 Å². The van der Waals surface area contributed by atoms with Crippen molar-refractivity contribution in [1.82, 2.24) is 4.98 Å². The highest BCUT2D eigenvalue weighted by atomic mass is 35.5. The first-order chi connectivity index (χ1) is 6.52. The summed E-state index contributed by atoms with van der Waals surface area (Å²) in [5, 5.41) is 18.9. The smallest absolute Gasteiger partial charge is 0.233 e. The molecule has 1 aromatic rings. The summed E-state index contributed by atoms with van der Waals surface area (Å²) >= 11 is 5.33. The quantitative estimate of drug-likeness (QED) is 0.472. The highest BCUT2D eigenvalue weighted by Gasteiger charge is 2.19. The van der Waals surface area contributed by atoms with Crippen LogP contribution in [0.4, 0.5) is 4.39 Å². The van der Waals surface area contributed by atoms with E-state index in [1.165, 1.54) is 6.20 Å². The molecule has 0 aromatic carbocycles. The summed E-state index contributed by atoms with van der Waals surface area (Å²) in [5.41, 5.74) is -0.221. The lowest BCUT2D eigenvalue weighted by Crippen LogP contribution is -2.13. The Kier molecular flexibility index (Phi) is 3.32. The first kappa shape index (κ1) is 10.8. The Morgan fingerprint density at radius 3 is 3.00 bits per heavy atom. The molecule has 0 bridgehead atoms. The third-order valence-electron chi connectivity index (χ3n) is 1.56. The minimum atomic E-state index is -1.51. The molecule has 76 valence electrons. The fourth-order valence-corrected chi connectivity index (χ4v) is 1.09. The topological polar surface area (TPSA) is 76.3 Å². The van der Waals surface area contributed by atoms with E-state index in [2.05, 4.69) is 4.98 Å². The molecule has 1 rings (SSSR count). The average Bonchev–Trinajstić information content (AvgIpc) is 2.08. The van der Waals surface area contributed by atoms with Crippen molar-refractivity contribution in [3.05, 3.63) is 38.9 Å². The maximum atomic E-state index is 13.1. The van der Waals surface area contributed by atoms with E-state index in [9.17, 15) is 19.6 Å². The lowest BCUT2D eigenvalue weighted by Gasteiger charge is -2.07. The Hall–Kier alpha value is -1.27. The van der Waals surface area contributed by atoms with Crippen LogP contribution in [0.5, 0.6) is 0 Å². The standard InChI is InChI=1S/C7H6ClFN2O3/c8-7-6(9)4(1-2-10-7)5(12)3-11(13)14/h1-2,5,12H,3H2. The van der Waals surface area contributed by atoms with Crippen LogP contribution in [-0.4, -0.2) is 21.6 Å². The maximum Gasteiger partial charge on any atom is 0.233 e. The molecular formula is C7H6ClFN2O3. The zero-order chi connectivity index (χ0) is 10.7. The van der Waals surface area contributed by atoms with Gasteiger partial charge in [0.2, 0.25) is 6.54 Å². The van der Waals surface area contributed by atoms with Gasteiger partial charge >= 0.3 is 0 Å². The van der Waals surface area contributed by atoms with Gasteiger partial charge in [-0.1, -0.05) is 11.6 Å². The predicted molar refractivity (Wildman–Crippen MR) is 46.0 cm³/mol. The van der Waals surface area contributed by atoms with Crippen molar-refractivity contribution >= 4 is 11.6 Å². The van der Waals surface area contributed by atoms with Crippen molar-refractivity contribution in [2.45, 2.75) is 6.10 Å². The molecule has 0 saturated heterocycles. The fourth-order valence-electron chi connectivity index (χ4n) is 0.929. The molecule has 0 radical (unpaired) electrons. The molecule has 0 spiro atoms. The van der Waals surface area contributed by atoms with Crippen molar-refractivity contribution in [2.75, 3.05) is 6.54 Å². The van der Waals surface area contributed by atoms with Crippen molar-refractivity contribution in [3.63, 3.8) is 0 Å². The van der Waals surface area contributed by atoms with Gasteiger partial charge in [-0.2, -0.15) is 0 Å². The minimum absolute atomic E-state index is 0.221. The molecule has 0 aliphatic heterocycles. The van der Waals surface area contributed by atoms with Crippen molar-refractivity contribution in [1.29, 1.82) is 0 Å². The predicted octanol–water partition coefficient (Wildman–Crippen LogP) is 1.18. The van der Waals surface area contributed by atoms with E-state index in [0.29, 0.717) is 0 Å².